The topological polar surface area (TPSA) is 45.8 Å². The summed E-state index contributed by atoms with van der Waals surface area (Å²) in [6, 6.07) is 28.8. The van der Waals surface area contributed by atoms with E-state index in [4.69, 9.17) is 4.98 Å². The van der Waals surface area contributed by atoms with Crippen LogP contribution in [0.15, 0.2) is 95.1 Å². The largest absolute Gasteiger partial charge is 0.309 e. The van der Waals surface area contributed by atoms with Crippen LogP contribution in [0.4, 0.5) is 0 Å². The predicted molar refractivity (Wildman–Crippen MR) is 129 cm³/mol. The first-order chi connectivity index (χ1) is 15.2. The van der Waals surface area contributed by atoms with E-state index in [0.29, 0.717) is 11.2 Å². The van der Waals surface area contributed by atoms with Crippen LogP contribution in [0.5, 0.6) is 0 Å². The molecule has 0 atom stereocenters. The second kappa shape index (κ2) is 8.32. The molecule has 3 nitrogen and oxygen atoms in total. The van der Waals surface area contributed by atoms with Gasteiger partial charge in [-0.15, -0.1) is 11.3 Å². The van der Waals surface area contributed by atoms with Crippen molar-refractivity contribution in [1.29, 1.82) is 0 Å². The van der Waals surface area contributed by atoms with Crippen molar-refractivity contribution in [2.24, 2.45) is 0 Å². The zero-order valence-corrected chi connectivity index (χ0v) is 18.0. The van der Waals surface area contributed by atoms with Crippen LogP contribution in [0, 0.1) is 0 Å². The lowest BCUT2D eigenvalue weighted by Crippen LogP contribution is -2.16. The van der Waals surface area contributed by atoms with Gasteiger partial charge in [0.1, 0.15) is 10.7 Å². The van der Waals surface area contributed by atoms with E-state index in [9.17, 15) is 4.79 Å². The summed E-state index contributed by atoms with van der Waals surface area (Å²) in [6.45, 7) is 2.14. The van der Waals surface area contributed by atoms with E-state index in [2.05, 4.69) is 60.4 Å². The number of aromatic nitrogens is 2. The van der Waals surface area contributed by atoms with E-state index in [-0.39, 0.29) is 11.5 Å². The molecular weight excluding hydrogens is 400 g/mol. The number of fused-ring (bicyclic) bond motifs is 1. The minimum Gasteiger partial charge on any atom is -0.309 e. The fourth-order valence-corrected chi connectivity index (χ4v) is 4.99. The third-order valence-corrected chi connectivity index (χ3v) is 6.55. The van der Waals surface area contributed by atoms with Crippen LogP contribution in [-0.2, 0) is 6.42 Å². The summed E-state index contributed by atoms with van der Waals surface area (Å²) >= 11 is 1.52. The number of thiophene rings is 1. The van der Waals surface area contributed by atoms with Crippen LogP contribution in [0.25, 0.3) is 21.3 Å². The Morgan fingerprint density at radius 1 is 0.871 bits per heavy atom. The molecule has 0 amide bonds. The standard InChI is InChI=1S/C27H22N2OS/c1-2-18-13-15-19(16-14-18)22-17-31-27-24(22)26(30)28-25(29-27)23(20-9-5-3-6-10-20)21-11-7-4-8-12-21/h3-17,23H,2H2,1H3,(H,28,29,30). The van der Waals surface area contributed by atoms with Crippen molar-refractivity contribution in [2.75, 3.05) is 0 Å². The van der Waals surface area contributed by atoms with Crippen molar-refractivity contribution in [1.82, 2.24) is 9.97 Å². The van der Waals surface area contributed by atoms with Crippen molar-refractivity contribution < 1.29 is 0 Å². The van der Waals surface area contributed by atoms with Crippen LogP contribution >= 0.6 is 11.3 Å². The highest BCUT2D eigenvalue weighted by Gasteiger charge is 2.21. The second-order valence-electron chi connectivity index (χ2n) is 7.59. The van der Waals surface area contributed by atoms with Gasteiger partial charge in [-0.1, -0.05) is 91.9 Å². The molecule has 0 saturated heterocycles. The molecule has 31 heavy (non-hydrogen) atoms. The van der Waals surface area contributed by atoms with Gasteiger partial charge in [-0.2, -0.15) is 0 Å². The molecule has 5 aromatic rings. The summed E-state index contributed by atoms with van der Waals surface area (Å²) in [5.41, 5.74) is 5.38. The van der Waals surface area contributed by atoms with Crippen molar-refractivity contribution in [2.45, 2.75) is 19.3 Å². The number of aromatic amines is 1. The molecule has 0 unspecified atom stereocenters. The fraction of sp³-hybridized carbons (Fsp3) is 0.111. The molecule has 3 aromatic carbocycles. The lowest BCUT2D eigenvalue weighted by molar-refractivity contribution is 0.860. The highest BCUT2D eigenvalue weighted by Crippen LogP contribution is 2.34. The number of H-pyrrole nitrogens is 1. The summed E-state index contributed by atoms with van der Waals surface area (Å²) in [6.07, 6.45) is 0.997. The number of hydrogen-bond acceptors (Lipinski definition) is 3. The summed E-state index contributed by atoms with van der Waals surface area (Å²) in [5, 5.41) is 2.70. The van der Waals surface area contributed by atoms with Crippen LogP contribution in [0.3, 0.4) is 0 Å². The summed E-state index contributed by atoms with van der Waals surface area (Å²) < 4.78 is 0. The van der Waals surface area contributed by atoms with E-state index >= 15 is 0 Å². The minimum atomic E-state index is -0.131. The number of aryl methyl sites for hydroxylation is 1. The maximum absolute atomic E-state index is 13.3. The Morgan fingerprint density at radius 3 is 2.06 bits per heavy atom. The SMILES string of the molecule is CCc1ccc(-c2csc3nc(C(c4ccccc4)c4ccccc4)[nH]c(=O)c23)cc1. The molecule has 0 radical (unpaired) electrons. The average Bonchev–Trinajstić information content (AvgIpc) is 3.25. The Balaban J connectivity index is 1.66. The molecule has 0 aliphatic heterocycles. The van der Waals surface area contributed by atoms with Crippen LogP contribution in [0.1, 0.15) is 35.4 Å². The van der Waals surface area contributed by atoms with Gasteiger partial charge in [-0.3, -0.25) is 4.79 Å². The van der Waals surface area contributed by atoms with Gasteiger partial charge in [-0.25, -0.2) is 4.98 Å². The molecule has 2 aromatic heterocycles. The molecule has 0 aliphatic rings. The van der Waals surface area contributed by atoms with Crippen molar-refractivity contribution in [3.05, 3.63) is 123 Å². The molecule has 1 N–H and O–H groups in total. The molecule has 2 heterocycles. The first-order valence-electron chi connectivity index (χ1n) is 10.4. The summed E-state index contributed by atoms with van der Waals surface area (Å²) in [5.74, 6) is 0.540. The van der Waals surface area contributed by atoms with Crippen molar-refractivity contribution >= 4 is 21.6 Å². The number of hydrogen-bond donors (Lipinski definition) is 1. The fourth-order valence-electron chi connectivity index (χ4n) is 4.03. The Hall–Kier alpha value is -3.50. The lowest BCUT2D eigenvalue weighted by atomic mass is 9.90. The van der Waals surface area contributed by atoms with Gasteiger partial charge in [0.2, 0.25) is 0 Å². The highest BCUT2D eigenvalue weighted by atomic mass is 32.1. The minimum absolute atomic E-state index is 0.0901. The number of benzene rings is 3. The smallest absolute Gasteiger partial charge is 0.260 e. The van der Waals surface area contributed by atoms with E-state index in [1.54, 1.807) is 0 Å². The third-order valence-electron chi connectivity index (χ3n) is 5.67. The maximum atomic E-state index is 13.3. The second-order valence-corrected chi connectivity index (χ2v) is 8.44. The normalized spacial score (nSPS) is 11.3. The van der Waals surface area contributed by atoms with E-state index < -0.39 is 0 Å². The predicted octanol–water partition coefficient (Wildman–Crippen LogP) is 6.39. The number of nitrogens with one attached hydrogen (secondary N) is 1. The average molecular weight is 423 g/mol. The molecule has 0 saturated carbocycles. The Labute approximate surface area is 185 Å². The quantitative estimate of drug-likeness (QED) is 0.356. The Morgan fingerprint density at radius 2 is 1.48 bits per heavy atom. The molecule has 0 bridgehead atoms. The van der Waals surface area contributed by atoms with Gasteiger partial charge in [0.15, 0.2) is 0 Å². The molecule has 0 fully saturated rings. The Kier molecular flexibility index (Phi) is 5.23. The molecule has 0 spiro atoms. The van der Waals surface area contributed by atoms with E-state index in [1.807, 2.05) is 41.8 Å². The van der Waals surface area contributed by atoms with Gasteiger partial charge in [-0.05, 0) is 28.7 Å². The molecule has 0 aliphatic carbocycles. The molecule has 5 rings (SSSR count). The van der Waals surface area contributed by atoms with Crippen LogP contribution < -0.4 is 5.56 Å². The number of rotatable bonds is 5. The van der Waals surface area contributed by atoms with E-state index in [1.165, 1.54) is 16.9 Å². The monoisotopic (exact) mass is 422 g/mol. The zero-order chi connectivity index (χ0) is 21.2. The van der Waals surface area contributed by atoms with Crippen LogP contribution in [0.2, 0.25) is 0 Å². The first-order valence-corrected chi connectivity index (χ1v) is 11.3. The van der Waals surface area contributed by atoms with Gasteiger partial charge in [0.25, 0.3) is 5.56 Å². The summed E-state index contributed by atoms with van der Waals surface area (Å²) in [7, 11) is 0. The van der Waals surface area contributed by atoms with E-state index in [0.717, 1.165) is 33.5 Å². The van der Waals surface area contributed by atoms with Gasteiger partial charge < -0.3 is 4.98 Å². The maximum Gasteiger partial charge on any atom is 0.260 e. The van der Waals surface area contributed by atoms with Gasteiger partial charge >= 0.3 is 0 Å². The van der Waals surface area contributed by atoms with Gasteiger partial charge in [0.05, 0.1) is 11.3 Å². The molecular formula is C27H22N2OS. The van der Waals surface area contributed by atoms with Crippen molar-refractivity contribution in [3.63, 3.8) is 0 Å². The lowest BCUT2D eigenvalue weighted by Gasteiger charge is -2.17. The summed E-state index contributed by atoms with van der Waals surface area (Å²) in [4.78, 5) is 22.1. The van der Waals surface area contributed by atoms with Crippen LogP contribution in [-0.4, -0.2) is 9.97 Å². The van der Waals surface area contributed by atoms with Crippen molar-refractivity contribution in [3.8, 4) is 11.1 Å². The first kappa shape index (κ1) is 19.5. The third kappa shape index (κ3) is 3.71. The highest BCUT2D eigenvalue weighted by molar-refractivity contribution is 7.17. The molecule has 4 heteroatoms. The Bertz CT molecular complexity index is 1330. The molecule has 152 valence electrons. The zero-order valence-electron chi connectivity index (χ0n) is 17.2. The number of nitrogens with zero attached hydrogens (tertiary/aromatic N) is 1. The van der Waals surface area contributed by atoms with Gasteiger partial charge in [0, 0.05) is 10.9 Å².